The van der Waals surface area contributed by atoms with E-state index in [0.717, 1.165) is 23.5 Å². The number of esters is 1. The Morgan fingerprint density at radius 1 is 1.60 bits per heavy atom. The quantitative estimate of drug-likeness (QED) is 0.704. The zero-order valence-corrected chi connectivity index (χ0v) is 14.3. The summed E-state index contributed by atoms with van der Waals surface area (Å²) < 4.78 is 30.8. The number of hydrogen-bond donors (Lipinski definition) is 0. The van der Waals surface area contributed by atoms with Gasteiger partial charge in [-0.1, -0.05) is 0 Å². The van der Waals surface area contributed by atoms with Gasteiger partial charge in [0, 0.05) is 13.1 Å². The van der Waals surface area contributed by atoms with Crippen molar-refractivity contribution in [3.63, 3.8) is 0 Å². The van der Waals surface area contributed by atoms with Crippen molar-refractivity contribution in [3.05, 3.63) is 11.2 Å². The lowest BCUT2D eigenvalue weighted by Crippen LogP contribution is -2.35. The molecule has 0 N–H and O–H groups in total. The number of methoxy groups -OCH3 is 1. The van der Waals surface area contributed by atoms with Crippen molar-refractivity contribution in [1.29, 1.82) is 0 Å². The first kappa shape index (κ1) is 17.4. The van der Waals surface area contributed by atoms with E-state index in [1.807, 2.05) is 13.2 Å². The Morgan fingerprint density at radius 2 is 2.25 bits per heavy atom. The SMILES string of the molecule is COC(=O)c1ncsc1S(=O)(=O)N(C)C(C)CCSC. The maximum atomic E-state index is 12.5. The number of thiazole rings is 1. The Kier molecular flexibility index (Phi) is 6.44. The third kappa shape index (κ3) is 3.72. The minimum Gasteiger partial charge on any atom is -0.464 e. The van der Waals surface area contributed by atoms with Crippen LogP contribution in [0.3, 0.4) is 0 Å². The van der Waals surface area contributed by atoms with Gasteiger partial charge in [-0.2, -0.15) is 16.1 Å². The molecule has 20 heavy (non-hydrogen) atoms. The number of carbonyl (C=O) groups excluding carboxylic acids is 1. The van der Waals surface area contributed by atoms with Crippen molar-refractivity contribution in [2.75, 3.05) is 26.2 Å². The number of ether oxygens (including phenoxy) is 1. The molecule has 1 unspecified atom stereocenters. The van der Waals surface area contributed by atoms with Crippen LogP contribution in [0, 0.1) is 0 Å². The van der Waals surface area contributed by atoms with Crippen LogP contribution in [0.5, 0.6) is 0 Å². The Hall–Kier alpha value is -0.640. The van der Waals surface area contributed by atoms with Crippen LogP contribution in [0.1, 0.15) is 23.8 Å². The molecule has 0 aliphatic carbocycles. The smallest absolute Gasteiger partial charge is 0.358 e. The van der Waals surface area contributed by atoms with Crippen molar-refractivity contribution in [2.45, 2.75) is 23.6 Å². The van der Waals surface area contributed by atoms with E-state index in [1.165, 1.54) is 24.0 Å². The van der Waals surface area contributed by atoms with E-state index >= 15 is 0 Å². The summed E-state index contributed by atoms with van der Waals surface area (Å²) in [5.74, 6) is 0.128. The van der Waals surface area contributed by atoms with Gasteiger partial charge in [0.25, 0.3) is 10.0 Å². The maximum Gasteiger partial charge on any atom is 0.358 e. The number of nitrogens with zero attached hydrogens (tertiary/aromatic N) is 2. The largest absolute Gasteiger partial charge is 0.464 e. The molecule has 0 aliphatic heterocycles. The van der Waals surface area contributed by atoms with Crippen molar-refractivity contribution in [2.24, 2.45) is 0 Å². The fourth-order valence-corrected chi connectivity index (χ4v) is 4.76. The van der Waals surface area contributed by atoms with Crippen LogP contribution in [-0.2, 0) is 14.8 Å². The summed E-state index contributed by atoms with van der Waals surface area (Å²) in [6.45, 7) is 1.84. The minimum absolute atomic E-state index is 0.0668. The van der Waals surface area contributed by atoms with Crippen molar-refractivity contribution >= 4 is 39.1 Å². The molecule has 0 saturated heterocycles. The Labute approximate surface area is 127 Å². The van der Waals surface area contributed by atoms with Gasteiger partial charge in [-0.3, -0.25) is 0 Å². The Bertz CT molecular complexity index is 556. The average Bonchev–Trinajstić information content (AvgIpc) is 2.92. The van der Waals surface area contributed by atoms with Crippen LogP contribution in [0.25, 0.3) is 0 Å². The molecule has 114 valence electrons. The standard InChI is InChI=1S/C11H18N2O4S3/c1-8(5-6-18-4)13(2)20(15,16)11-9(10(14)17-3)12-7-19-11/h7-8H,5-6H2,1-4H3. The van der Waals surface area contributed by atoms with Crippen molar-refractivity contribution in [1.82, 2.24) is 9.29 Å². The molecule has 0 saturated carbocycles. The third-order valence-corrected chi connectivity index (χ3v) is 6.85. The highest BCUT2D eigenvalue weighted by Crippen LogP contribution is 2.26. The van der Waals surface area contributed by atoms with Crippen LogP contribution < -0.4 is 0 Å². The van der Waals surface area contributed by atoms with Gasteiger partial charge in [-0.15, -0.1) is 11.3 Å². The Balaban J connectivity index is 3.05. The highest BCUT2D eigenvalue weighted by molar-refractivity contribution is 7.98. The van der Waals surface area contributed by atoms with Gasteiger partial charge in [0.05, 0.1) is 12.6 Å². The number of hydrogen-bond acceptors (Lipinski definition) is 7. The summed E-state index contributed by atoms with van der Waals surface area (Å²) in [6, 6.07) is -0.153. The van der Waals surface area contributed by atoms with Gasteiger partial charge in [-0.25, -0.2) is 18.2 Å². The number of rotatable bonds is 7. The second-order valence-corrected chi connectivity index (χ2v) is 8.16. The van der Waals surface area contributed by atoms with Crippen LogP contribution in [0.4, 0.5) is 0 Å². The topological polar surface area (TPSA) is 76.6 Å². The predicted octanol–water partition coefficient (Wildman–Crippen LogP) is 1.69. The molecular weight excluding hydrogens is 320 g/mol. The fourth-order valence-electron chi connectivity index (χ4n) is 1.49. The van der Waals surface area contributed by atoms with E-state index in [9.17, 15) is 13.2 Å². The van der Waals surface area contributed by atoms with Crippen LogP contribution in [-0.4, -0.2) is 55.9 Å². The Morgan fingerprint density at radius 3 is 2.80 bits per heavy atom. The molecule has 1 rings (SSSR count). The van der Waals surface area contributed by atoms with Gasteiger partial charge in [-0.05, 0) is 25.4 Å². The lowest BCUT2D eigenvalue weighted by molar-refractivity contribution is 0.0590. The zero-order valence-electron chi connectivity index (χ0n) is 11.8. The minimum atomic E-state index is -3.73. The highest BCUT2D eigenvalue weighted by atomic mass is 32.2. The van der Waals surface area contributed by atoms with E-state index in [4.69, 9.17) is 0 Å². The second-order valence-electron chi connectivity index (χ2n) is 4.13. The van der Waals surface area contributed by atoms with Crippen molar-refractivity contribution in [3.8, 4) is 0 Å². The first-order valence-electron chi connectivity index (χ1n) is 5.85. The van der Waals surface area contributed by atoms with Gasteiger partial charge in [0.2, 0.25) is 0 Å². The zero-order chi connectivity index (χ0) is 15.3. The summed E-state index contributed by atoms with van der Waals surface area (Å²) in [7, 11) is -1.02. The molecule has 0 bridgehead atoms. The molecule has 9 heteroatoms. The normalized spacial score (nSPS) is 13.4. The summed E-state index contributed by atoms with van der Waals surface area (Å²) in [4.78, 5) is 15.3. The first-order chi connectivity index (χ1) is 9.36. The summed E-state index contributed by atoms with van der Waals surface area (Å²) in [5.41, 5.74) is 1.18. The molecule has 0 fully saturated rings. The summed E-state index contributed by atoms with van der Waals surface area (Å²) >= 11 is 2.58. The van der Waals surface area contributed by atoms with Gasteiger partial charge in [0.15, 0.2) is 9.90 Å². The van der Waals surface area contributed by atoms with E-state index in [-0.39, 0.29) is 15.9 Å². The number of thioether (sulfide) groups is 1. The lowest BCUT2D eigenvalue weighted by Gasteiger charge is -2.23. The number of carbonyl (C=O) groups is 1. The second kappa shape index (κ2) is 7.39. The molecule has 6 nitrogen and oxygen atoms in total. The summed E-state index contributed by atoms with van der Waals surface area (Å²) in [6.07, 6.45) is 2.71. The fraction of sp³-hybridized carbons (Fsp3) is 0.636. The van der Waals surface area contributed by atoms with Crippen LogP contribution >= 0.6 is 23.1 Å². The molecule has 0 aromatic carbocycles. The van der Waals surface area contributed by atoms with Gasteiger partial charge in [0.1, 0.15) is 0 Å². The van der Waals surface area contributed by atoms with E-state index in [0.29, 0.717) is 0 Å². The van der Waals surface area contributed by atoms with Crippen molar-refractivity contribution < 1.29 is 17.9 Å². The third-order valence-electron chi connectivity index (χ3n) is 2.89. The molecule has 0 spiro atoms. The molecule has 1 aromatic heterocycles. The molecule has 0 amide bonds. The summed E-state index contributed by atoms with van der Waals surface area (Å²) in [5, 5.41) is 0. The molecular formula is C11H18N2O4S3. The average molecular weight is 338 g/mol. The lowest BCUT2D eigenvalue weighted by atomic mass is 10.3. The molecule has 1 heterocycles. The monoisotopic (exact) mass is 338 g/mol. The highest BCUT2D eigenvalue weighted by Gasteiger charge is 2.32. The maximum absolute atomic E-state index is 12.5. The molecule has 0 radical (unpaired) electrons. The van der Waals surface area contributed by atoms with Crippen LogP contribution in [0.2, 0.25) is 0 Å². The molecule has 1 atom stereocenters. The van der Waals surface area contributed by atoms with Crippen LogP contribution in [0.15, 0.2) is 9.72 Å². The first-order valence-corrected chi connectivity index (χ1v) is 9.56. The van der Waals surface area contributed by atoms with E-state index in [2.05, 4.69) is 9.72 Å². The van der Waals surface area contributed by atoms with E-state index < -0.39 is 16.0 Å². The molecule has 1 aromatic rings. The van der Waals surface area contributed by atoms with Gasteiger partial charge >= 0.3 is 5.97 Å². The predicted molar refractivity (Wildman–Crippen MR) is 80.9 cm³/mol. The van der Waals surface area contributed by atoms with Gasteiger partial charge < -0.3 is 4.74 Å². The van der Waals surface area contributed by atoms with E-state index in [1.54, 1.807) is 11.8 Å². The number of sulfonamides is 1. The molecule has 0 aliphatic rings. The number of aromatic nitrogens is 1.